The van der Waals surface area contributed by atoms with Crippen molar-refractivity contribution in [2.24, 2.45) is 0 Å². The van der Waals surface area contributed by atoms with Gasteiger partial charge in [0.2, 0.25) is 5.91 Å². The smallest absolute Gasteiger partial charge is 0.407 e. The number of carbonyl (C=O) groups is 2. The molecule has 0 radical (unpaired) electrons. The van der Waals surface area contributed by atoms with Gasteiger partial charge in [0.05, 0.1) is 6.04 Å². The second kappa shape index (κ2) is 10.3. The molecule has 0 spiro atoms. The van der Waals surface area contributed by atoms with Crippen LogP contribution >= 0.6 is 0 Å². The minimum Gasteiger partial charge on any atom is -0.444 e. The van der Waals surface area contributed by atoms with Gasteiger partial charge < -0.3 is 15.4 Å². The lowest BCUT2D eigenvalue weighted by molar-refractivity contribution is -0.121. The first-order valence-corrected chi connectivity index (χ1v) is 9.88. The molecule has 1 aliphatic rings. The van der Waals surface area contributed by atoms with E-state index in [1.165, 1.54) is 18.4 Å². The number of nitrogens with zero attached hydrogens (tertiary/aromatic N) is 1. The van der Waals surface area contributed by atoms with Gasteiger partial charge in [0, 0.05) is 19.5 Å². The van der Waals surface area contributed by atoms with Crippen LogP contribution in [0.3, 0.4) is 0 Å². The van der Waals surface area contributed by atoms with Crippen LogP contribution in [0.4, 0.5) is 4.79 Å². The van der Waals surface area contributed by atoms with E-state index in [2.05, 4.69) is 27.7 Å². The first kappa shape index (κ1) is 21.2. The highest BCUT2D eigenvalue weighted by Crippen LogP contribution is 2.24. The molecule has 6 heteroatoms. The summed E-state index contributed by atoms with van der Waals surface area (Å²) in [5, 5.41) is 5.74. The van der Waals surface area contributed by atoms with E-state index in [1.54, 1.807) is 0 Å². The third kappa shape index (κ3) is 7.99. The van der Waals surface area contributed by atoms with Crippen molar-refractivity contribution in [1.82, 2.24) is 15.5 Å². The van der Waals surface area contributed by atoms with Crippen molar-refractivity contribution in [3.63, 3.8) is 0 Å². The molecule has 6 nitrogen and oxygen atoms in total. The van der Waals surface area contributed by atoms with Crippen LogP contribution in [0.1, 0.15) is 58.1 Å². The molecule has 1 unspecified atom stereocenters. The normalized spacial score (nSPS) is 16.0. The first-order chi connectivity index (χ1) is 12.8. The maximum Gasteiger partial charge on any atom is 0.407 e. The van der Waals surface area contributed by atoms with Gasteiger partial charge in [0.25, 0.3) is 0 Å². The van der Waals surface area contributed by atoms with Gasteiger partial charge in [-0.05, 0) is 58.7 Å². The van der Waals surface area contributed by atoms with Crippen molar-refractivity contribution >= 4 is 12.0 Å². The average molecular weight is 376 g/mol. The van der Waals surface area contributed by atoms with Crippen LogP contribution in [0.25, 0.3) is 0 Å². The Labute approximate surface area is 162 Å². The number of hydrogen-bond donors (Lipinski definition) is 2. The molecular weight excluding hydrogens is 342 g/mol. The molecule has 1 heterocycles. The summed E-state index contributed by atoms with van der Waals surface area (Å²) in [5.41, 5.74) is 0.732. The van der Waals surface area contributed by atoms with Crippen molar-refractivity contribution in [1.29, 1.82) is 0 Å². The van der Waals surface area contributed by atoms with Crippen LogP contribution < -0.4 is 10.6 Å². The predicted molar refractivity (Wildman–Crippen MR) is 106 cm³/mol. The molecule has 1 aromatic carbocycles. The highest BCUT2D eigenvalue weighted by Gasteiger charge is 2.23. The van der Waals surface area contributed by atoms with Crippen LogP contribution in [0.2, 0.25) is 0 Å². The number of alkyl carbamates (subject to hydrolysis) is 1. The fourth-order valence-corrected chi connectivity index (χ4v) is 3.24. The van der Waals surface area contributed by atoms with E-state index < -0.39 is 11.7 Å². The Balaban J connectivity index is 1.72. The third-order valence-corrected chi connectivity index (χ3v) is 4.51. The molecule has 1 aromatic rings. The zero-order chi connectivity index (χ0) is 19.7. The Hall–Kier alpha value is -2.08. The second-order valence-corrected chi connectivity index (χ2v) is 8.01. The molecule has 2 rings (SSSR count). The number of hydrogen-bond acceptors (Lipinski definition) is 4. The molecule has 1 saturated heterocycles. The number of benzene rings is 1. The number of amides is 2. The lowest BCUT2D eigenvalue weighted by Crippen LogP contribution is -2.37. The second-order valence-electron chi connectivity index (χ2n) is 8.01. The Kier molecular flexibility index (Phi) is 8.10. The summed E-state index contributed by atoms with van der Waals surface area (Å²) in [7, 11) is 0. The van der Waals surface area contributed by atoms with E-state index in [-0.39, 0.29) is 11.9 Å². The number of rotatable bonds is 8. The van der Waals surface area contributed by atoms with Crippen LogP contribution in [0.15, 0.2) is 30.3 Å². The summed E-state index contributed by atoms with van der Waals surface area (Å²) >= 11 is 0. The standard InChI is InChI=1S/C21H33N3O3/c1-21(2,3)27-20(26)22-13-9-12-19(25)23-16-18(24-14-7-8-15-24)17-10-5-4-6-11-17/h4-6,10-11,18H,7-9,12-16H2,1-3H3,(H,22,26)(H,23,25). The lowest BCUT2D eigenvalue weighted by Gasteiger charge is -2.28. The molecule has 0 aromatic heterocycles. The number of likely N-dealkylation sites (tertiary alicyclic amines) is 1. The van der Waals surface area contributed by atoms with Crippen LogP contribution in [-0.4, -0.2) is 48.7 Å². The van der Waals surface area contributed by atoms with Gasteiger partial charge >= 0.3 is 6.09 Å². The fraction of sp³-hybridized carbons (Fsp3) is 0.619. The summed E-state index contributed by atoms with van der Waals surface area (Å²) in [6.45, 7) is 8.67. The summed E-state index contributed by atoms with van der Waals surface area (Å²) in [6.07, 6.45) is 2.96. The van der Waals surface area contributed by atoms with Crippen LogP contribution in [0, 0.1) is 0 Å². The molecular formula is C21H33N3O3. The summed E-state index contributed by atoms with van der Waals surface area (Å²) in [5.74, 6) is 0.0149. The van der Waals surface area contributed by atoms with Crippen molar-refractivity contribution in [2.75, 3.05) is 26.2 Å². The van der Waals surface area contributed by atoms with Gasteiger partial charge in [0.15, 0.2) is 0 Å². The largest absolute Gasteiger partial charge is 0.444 e. The molecule has 0 saturated carbocycles. The molecule has 0 bridgehead atoms. The Morgan fingerprint density at radius 3 is 2.41 bits per heavy atom. The van der Waals surface area contributed by atoms with Crippen LogP contribution in [0.5, 0.6) is 0 Å². The Morgan fingerprint density at radius 1 is 1.11 bits per heavy atom. The summed E-state index contributed by atoms with van der Waals surface area (Å²) in [4.78, 5) is 26.2. The summed E-state index contributed by atoms with van der Waals surface area (Å²) < 4.78 is 5.17. The van der Waals surface area contributed by atoms with Gasteiger partial charge in [0.1, 0.15) is 5.60 Å². The van der Waals surface area contributed by atoms with Crippen molar-refractivity contribution in [3.8, 4) is 0 Å². The van der Waals surface area contributed by atoms with Gasteiger partial charge in [-0.1, -0.05) is 30.3 Å². The van der Waals surface area contributed by atoms with Gasteiger partial charge in [-0.3, -0.25) is 9.69 Å². The molecule has 2 N–H and O–H groups in total. The van der Waals surface area contributed by atoms with Gasteiger partial charge in [-0.2, -0.15) is 0 Å². The zero-order valence-electron chi connectivity index (χ0n) is 16.8. The maximum absolute atomic E-state index is 12.2. The lowest BCUT2D eigenvalue weighted by atomic mass is 10.1. The molecule has 1 atom stereocenters. The van der Waals surface area contributed by atoms with Crippen molar-refractivity contribution in [3.05, 3.63) is 35.9 Å². The molecule has 1 aliphatic heterocycles. The summed E-state index contributed by atoms with van der Waals surface area (Å²) in [6, 6.07) is 10.6. The average Bonchev–Trinajstić information content (AvgIpc) is 3.13. The van der Waals surface area contributed by atoms with Gasteiger partial charge in [-0.25, -0.2) is 4.79 Å². The minimum atomic E-state index is -0.510. The van der Waals surface area contributed by atoms with E-state index in [0.717, 1.165) is 13.1 Å². The molecule has 0 aliphatic carbocycles. The quantitative estimate of drug-likeness (QED) is 0.684. The van der Waals surface area contributed by atoms with E-state index >= 15 is 0 Å². The van der Waals surface area contributed by atoms with Crippen molar-refractivity contribution < 1.29 is 14.3 Å². The topological polar surface area (TPSA) is 70.7 Å². The Morgan fingerprint density at radius 2 is 1.78 bits per heavy atom. The molecule has 27 heavy (non-hydrogen) atoms. The van der Waals surface area contributed by atoms with E-state index in [0.29, 0.717) is 25.9 Å². The molecule has 150 valence electrons. The van der Waals surface area contributed by atoms with Crippen molar-refractivity contribution in [2.45, 2.75) is 58.1 Å². The number of nitrogens with one attached hydrogen (secondary N) is 2. The zero-order valence-corrected chi connectivity index (χ0v) is 16.8. The third-order valence-electron chi connectivity index (χ3n) is 4.51. The van der Waals surface area contributed by atoms with Gasteiger partial charge in [-0.15, -0.1) is 0 Å². The SMILES string of the molecule is CC(C)(C)OC(=O)NCCCC(=O)NCC(c1ccccc1)N1CCCC1. The van der Waals surface area contributed by atoms with E-state index in [9.17, 15) is 9.59 Å². The minimum absolute atomic E-state index is 0.0149. The first-order valence-electron chi connectivity index (χ1n) is 9.88. The maximum atomic E-state index is 12.2. The van der Waals surface area contributed by atoms with E-state index in [1.807, 2.05) is 39.0 Å². The monoisotopic (exact) mass is 375 g/mol. The highest BCUT2D eigenvalue weighted by atomic mass is 16.6. The van der Waals surface area contributed by atoms with E-state index in [4.69, 9.17) is 4.74 Å². The molecule has 2 amide bonds. The molecule has 1 fully saturated rings. The number of ether oxygens (including phenoxy) is 1. The highest BCUT2D eigenvalue weighted by molar-refractivity contribution is 5.76. The predicted octanol–water partition coefficient (Wildman–Crippen LogP) is 3.24. The number of carbonyl (C=O) groups excluding carboxylic acids is 2. The van der Waals surface area contributed by atoms with Crippen LogP contribution in [-0.2, 0) is 9.53 Å². The fourth-order valence-electron chi connectivity index (χ4n) is 3.24. The Bertz CT molecular complexity index is 592.